The third-order valence-electron chi connectivity index (χ3n) is 4.48. The van der Waals surface area contributed by atoms with E-state index in [1.807, 2.05) is 0 Å². The zero-order valence-corrected chi connectivity index (χ0v) is 12.0. The van der Waals surface area contributed by atoms with Crippen molar-refractivity contribution in [2.45, 2.75) is 72.8 Å². The van der Waals surface area contributed by atoms with Gasteiger partial charge in [0.1, 0.15) is 0 Å². The Kier molecular flexibility index (Phi) is 5.30. The first-order valence-corrected chi connectivity index (χ1v) is 7.18. The van der Waals surface area contributed by atoms with Gasteiger partial charge in [-0.3, -0.25) is 0 Å². The topological polar surface area (TPSA) is 12.0 Å². The van der Waals surface area contributed by atoms with E-state index in [1.54, 1.807) is 0 Å². The second-order valence-electron chi connectivity index (χ2n) is 6.77. The molecule has 1 rings (SSSR count). The van der Waals surface area contributed by atoms with Gasteiger partial charge >= 0.3 is 0 Å². The fourth-order valence-corrected chi connectivity index (χ4v) is 2.56. The summed E-state index contributed by atoms with van der Waals surface area (Å²) in [7, 11) is 0. The molecule has 0 aromatic rings. The molecule has 0 heterocycles. The van der Waals surface area contributed by atoms with Crippen molar-refractivity contribution in [3.05, 3.63) is 0 Å². The maximum absolute atomic E-state index is 3.80. The SMILES string of the molecule is CCC(C)(C)CNC1CCCC(C(C)C)C1. The van der Waals surface area contributed by atoms with Crippen LogP contribution in [0.15, 0.2) is 0 Å². The standard InChI is InChI=1S/C15H31N/c1-6-15(4,5)11-16-14-9-7-8-13(10-14)12(2)3/h12-14,16H,6-11H2,1-5H3. The highest BCUT2D eigenvalue weighted by Crippen LogP contribution is 2.30. The predicted molar refractivity (Wildman–Crippen MR) is 72.7 cm³/mol. The minimum Gasteiger partial charge on any atom is -0.313 e. The molecule has 1 N–H and O–H groups in total. The fourth-order valence-electron chi connectivity index (χ4n) is 2.56. The molecule has 0 aromatic heterocycles. The molecule has 1 aliphatic carbocycles. The predicted octanol–water partition coefficient (Wildman–Crippen LogP) is 4.23. The van der Waals surface area contributed by atoms with Crippen molar-refractivity contribution in [2.24, 2.45) is 17.3 Å². The van der Waals surface area contributed by atoms with Gasteiger partial charge < -0.3 is 5.32 Å². The van der Waals surface area contributed by atoms with Crippen molar-refractivity contribution in [3.63, 3.8) is 0 Å². The third-order valence-corrected chi connectivity index (χ3v) is 4.48. The van der Waals surface area contributed by atoms with Gasteiger partial charge in [0.2, 0.25) is 0 Å². The van der Waals surface area contributed by atoms with Crippen molar-refractivity contribution in [1.82, 2.24) is 5.32 Å². The van der Waals surface area contributed by atoms with Crippen molar-refractivity contribution >= 4 is 0 Å². The van der Waals surface area contributed by atoms with E-state index < -0.39 is 0 Å². The molecule has 0 radical (unpaired) electrons. The van der Waals surface area contributed by atoms with E-state index >= 15 is 0 Å². The summed E-state index contributed by atoms with van der Waals surface area (Å²) in [6.07, 6.45) is 6.93. The van der Waals surface area contributed by atoms with Crippen LogP contribution < -0.4 is 5.32 Å². The second kappa shape index (κ2) is 6.05. The lowest BCUT2D eigenvalue weighted by molar-refractivity contribution is 0.211. The molecule has 1 nitrogen and oxygen atoms in total. The summed E-state index contributed by atoms with van der Waals surface area (Å²) in [5, 5.41) is 3.80. The molecule has 0 aliphatic heterocycles. The van der Waals surface area contributed by atoms with Crippen LogP contribution in [0.3, 0.4) is 0 Å². The average molecular weight is 225 g/mol. The Balaban J connectivity index is 2.32. The highest BCUT2D eigenvalue weighted by atomic mass is 14.9. The van der Waals surface area contributed by atoms with Crippen LogP contribution in [-0.2, 0) is 0 Å². The molecule has 16 heavy (non-hydrogen) atoms. The van der Waals surface area contributed by atoms with Crippen molar-refractivity contribution in [2.75, 3.05) is 6.54 Å². The molecule has 0 amide bonds. The summed E-state index contributed by atoms with van der Waals surface area (Å²) in [5.74, 6) is 1.82. The zero-order chi connectivity index (χ0) is 12.2. The Morgan fingerprint density at radius 2 is 1.94 bits per heavy atom. The van der Waals surface area contributed by atoms with Crippen molar-refractivity contribution < 1.29 is 0 Å². The summed E-state index contributed by atoms with van der Waals surface area (Å²) in [4.78, 5) is 0. The first-order valence-electron chi connectivity index (χ1n) is 7.18. The van der Waals surface area contributed by atoms with Gasteiger partial charge in [-0.05, 0) is 36.5 Å². The Morgan fingerprint density at radius 3 is 2.50 bits per heavy atom. The number of hydrogen-bond donors (Lipinski definition) is 1. The van der Waals surface area contributed by atoms with Crippen LogP contribution in [0.5, 0.6) is 0 Å². The number of nitrogens with one attached hydrogen (secondary N) is 1. The van der Waals surface area contributed by atoms with Crippen LogP contribution in [-0.4, -0.2) is 12.6 Å². The molecule has 2 atom stereocenters. The molecule has 1 heteroatoms. The largest absolute Gasteiger partial charge is 0.313 e. The van der Waals surface area contributed by atoms with E-state index in [4.69, 9.17) is 0 Å². The fraction of sp³-hybridized carbons (Fsp3) is 1.00. The summed E-state index contributed by atoms with van der Waals surface area (Å²) in [6, 6.07) is 0.784. The van der Waals surface area contributed by atoms with Crippen molar-refractivity contribution in [3.8, 4) is 0 Å². The van der Waals surface area contributed by atoms with Crippen LogP contribution >= 0.6 is 0 Å². The lowest BCUT2D eigenvalue weighted by Crippen LogP contribution is -2.40. The molecule has 0 saturated heterocycles. The Labute approximate surface area is 102 Å². The Hall–Kier alpha value is -0.0400. The van der Waals surface area contributed by atoms with E-state index in [2.05, 4.69) is 39.9 Å². The van der Waals surface area contributed by atoms with E-state index in [9.17, 15) is 0 Å². The summed E-state index contributed by atoms with van der Waals surface area (Å²) in [6.45, 7) is 13.0. The van der Waals surface area contributed by atoms with Crippen LogP contribution in [0, 0.1) is 17.3 Å². The van der Waals surface area contributed by atoms with Crippen molar-refractivity contribution in [1.29, 1.82) is 0 Å². The summed E-state index contributed by atoms with van der Waals surface area (Å²) < 4.78 is 0. The molecule has 0 spiro atoms. The Morgan fingerprint density at radius 1 is 1.25 bits per heavy atom. The monoisotopic (exact) mass is 225 g/mol. The first-order chi connectivity index (χ1) is 7.44. The van der Waals surface area contributed by atoms with E-state index in [0.717, 1.165) is 17.9 Å². The van der Waals surface area contributed by atoms with Gasteiger partial charge in [0, 0.05) is 12.6 Å². The normalized spacial score (nSPS) is 27.4. The minimum absolute atomic E-state index is 0.463. The van der Waals surface area contributed by atoms with E-state index in [0.29, 0.717) is 5.41 Å². The molecule has 96 valence electrons. The van der Waals surface area contributed by atoms with Crippen LogP contribution in [0.2, 0.25) is 0 Å². The maximum atomic E-state index is 3.80. The van der Waals surface area contributed by atoms with Crippen LogP contribution in [0.25, 0.3) is 0 Å². The lowest BCUT2D eigenvalue weighted by atomic mass is 9.79. The smallest absolute Gasteiger partial charge is 0.00700 e. The summed E-state index contributed by atoms with van der Waals surface area (Å²) in [5.41, 5.74) is 0.463. The van der Waals surface area contributed by atoms with Crippen LogP contribution in [0.4, 0.5) is 0 Å². The van der Waals surface area contributed by atoms with E-state index in [1.165, 1.54) is 38.6 Å². The molecule has 1 saturated carbocycles. The van der Waals surface area contributed by atoms with E-state index in [-0.39, 0.29) is 0 Å². The van der Waals surface area contributed by atoms with Gasteiger partial charge in [0.15, 0.2) is 0 Å². The maximum Gasteiger partial charge on any atom is 0.00700 e. The molecule has 1 fully saturated rings. The van der Waals surface area contributed by atoms with Gasteiger partial charge in [-0.2, -0.15) is 0 Å². The molecule has 1 aliphatic rings. The van der Waals surface area contributed by atoms with Gasteiger partial charge in [-0.15, -0.1) is 0 Å². The zero-order valence-electron chi connectivity index (χ0n) is 12.0. The molecular formula is C15H31N. The molecular weight excluding hydrogens is 194 g/mol. The van der Waals surface area contributed by atoms with Gasteiger partial charge in [-0.1, -0.05) is 47.5 Å². The van der Waals surface area contributed by atoms with Crippen LogP contribution in [0.1, 0.15) is 66.7 Å². The second-order valence-corrected chi connectivity index (χ2v) is 6.77. The highest BCUT2D eigenvalue weighted by Gasteiger charge is 2.25. The Bertz CT molecular complexity index is 196. The average Bonchev–Trinajstić information content (AvgIpc) is 2.27. The molecule has 0 aromatic carbocycles. The van der Waals surface area contributed by atoms with Gasteiger partial charge in [0.05, 0.1) is 0 Å². The molecule has 0 bridgehead atoms. The minimum atomic E-state index is 0.463. The third kappa shape index (κ3) is 4.45. The lowest BCUT2D eigenvalue weighted by Gasteiger charge is -2.34. The van der Waals surface area contributed by atoms with Gasteiger partial charge in [-0.25, -0.2) is 0 Å². The molecule has 2 unspecified atom stereocenters. The summed E-state index contributed by atoms with van der Waals surface area (Å²) >= 11 is 0. The number of rotatable bonds is 5. The number of hydrogen-bond acceptors (Lipinski definition) is 1. The quantitative estimate of drug-likeness (QED) is 0.738. The first kappa shape index (κ1) is 14.0. The highest BCUT2D eigenvalue weighted by molar-refractivity contribution is 4.81. The van der Waals surface area contributed by atoms with Gasteiger partial charge in [0.25, 0.3) is 0 Å².